The van der Waals surface area contributed by atoms with Gasteiger partial charge in [0.15, 0.2) is 0 Å². The molecule has 2 heteroatoms. The summed E-state index contributed by atoms with van der Waals surface area (Å²) in [7, 11) is 0. The molecule has 0 spiro atoms. The van der Waals surface area contributed by atoms with Crippen molar-refractivity contribution in [3.63, 3.8) is 0 Å². The highest BCUT2D eigenvalue weighted by Gasteiger charge is 2.15. The summed E-state index contributed by atoms with van der Waals surface area (Å²) in [6.45, 7) is 0. The van der Waals surface area contributed by atoms with Crippen molar-refractivity contribution in [3.8, 4) is 11.1 Å². The molecule has 0 unspecified atom stereocenters. The SMILES string of the molecule is Nc1ccc2ccccc2c1-c1cccc2c1oc1ccccc12. The normalized spacial score (nSPS) is 11.5. The van der Waals surface area contributed by atoms with Crippen LogP contribution in [0.25, 0.3) is 43.8 Å². The van der Waals surface area contributed by atoms with Gasteiger partial charge in [-0.1, -0.05) is 66.7 Å². The highest BCUT2D eigenvalue weighted by molar-refractivity contribution is 6.14. The van der Waals surface area contributed by atoms with Gasteiger partial charge in [0, 0.05) is 27.6 Å². The Morgan fingerprint density at radius 3 is 2.29 bits per heavy atom. The maximum atomic E-state index is 6.36. The minimum absolute atomic E-state index is 0.765. The van der Waals surface area contributed by atoms with Crippen molar-refractivity contribution in [3.05, 3.63) is 78.9 Å². The summed E-state index contributed by atoms with van der Waals surface area (Å²) in [4.78, 5) is 0. The third-order valence-corrected chi connectivity index (χ3v) is 4.63. The van der Waals surface area contributed by atoms with E-state index in [0.717, 1.165) is 44.1 Å². The molecule has 0 atom stereocenters. The number of hydrogen-bond donors (Lipinski definition) is 1. The van der Waals surface area contributed by atoms with Gasteiger partial charge >= 0.3 is 0 Å². The maximum absolute atomic E-state index is 6.36. The molecule has 4 aromatic carbocycles. The second kappa shape index (κ2) is 4.87. The quantitative estimate of drug-likeness (QED) is 0.386. The van der Waals surface area contributed by atoms with Crippen molar-refractivity contribution in [2.24, 2.45) is 0 Å². The maximum Gasteiger partial charge on any atom is 0.143 e. The first-order valence-corrected chi connectivity index (χ1v) is 8.01. The van der Waals surface area contributed by atoms with Crippen LogP contribution in [0.15, 0.2) is 83.3 Å². The molecule has 24 heavy (non-hydrogen) atoms. The monoisotopic (exact) mass is 309 g/mol. The summed E-state index contributed by atoms with van der Waals surface area (Å²) in [5.41, 5.74) is 11.0. The molecule has 0 saturated carbocycles. The summed E-state index contributed by atoms with van der Waals surface area (Å²) < 4.78 is 6.19. The minimum Gasteiger partial charge on any atom is -0.455 e. The van der Waals surface area contributed by atoms with E-state index in [-0.39, 0.29) is 0 Å². The Morgan fingerprint density at radius 1 is 0.625 bits per heavy atom. The van der Waals surface area contributed by atoms with Crippen LogP contribution in [0.5, 0.6) is 0 Å². The van der Waals surface area contributed by atoms with Crippen LogP contribution in [0.4, 0.5) is 5.69 Å². The Hall–Kier alpha value is -3.26. The number of benzene rings is 4. The average Bonchev–Trinajstić information content (AvgIpc) is 3.01. The Morgan fingerprint density at radius 2 is 1.38 bits per heavy atom. The zero-order valence-corrected chi connectivity index (χ0v) is 13.0. The fraction of sp³-hybridized carbons (Fsp3) is 0. The van der Waals surface area contributed by atoms with Gasteiger partial charge in [0.05, 0.1) is 0 Å². The summed E-state index contributed by atoms with van der Waals surface area (Å²) >= 11 is 0. The lowest BCUT2D eigenvalue weighted by molar-refractivity contribution is 0.670. The third-order valence-electron chi connectivity index (χ3n) is 4.63. The molecular formula is C22H15NO. The molecule has 2 nitrogen and oxygen atoms in total. The first kappa shape index (κ1) is 13.2. The molecule has 0 aliphatic heterocycles. The molecule has 0 aliphatic carbocycles. The summed E-state index contributed by atoms with van der Waals surface area (Å²) in [6, 6.07) is 26.7. The molecule has 2 N–H and O–H groups in total. The number of para-hydroxylation sites is 2. The van der Waals surface area contributed by atoms with Gasteiger partial charge in [-0.25, -0.2) is 0 Å². The molecule has 1 heterocycles. The van der Waals surface area contributed by atoms with Gasteiger partial charge < -0.3 is 10.2 Å². The van der Waals surface area contributed by atoms with Gasteiger partial charge in [-0.3, -0.25) is 0 Å². The van der Waals surface area contributed by atoms with E-state index in [1.807, 2.05) is 36.4 Å². The fourth-order valence-electron chi connectivity index (χ4n) is 3.53. The first-order chi connectivity index (χ1) is 11.8. The van der Waals surface area contributed by atoms with Crippen LogP contribution in [-0.2, 0) is 0 Å². The van der Waals surface area contributed by atoms with Crippen LogP contribution in [-0.4, -0.2) is 0 Å². The molecule has 0 fully saturated rings. The zero-order chi connectivity index (χ0) is 16.1. The standard InChI is InChI=1S/C22H15NO/c23-19-13-12-14-6-1-2-7-15(14)21(19)18-10-5-9-17-16-8-3-4-11-20(16)24-22(17)18/h1-13H,23H2. The van der Waals surface area contributed by atoms with Crippen LogP contribution in [0.2, 0.25) is 0 Å². The van der Waals surface area contributed by atoms with E-state index >= 15 is 0 Å². The number of rotatable bonds is 1. The Balaban J connectivity index is 1.96. The smallest absolute Gasteiger partial charge is 0.143 e. The molecular weight excluding hydrogens is 294 g/mol. The molecule has 0 amide bonds. The third kappa shape index (κ3) is 1.77. The van der Waals surface area contributed by atoms with Gasteiger partial charge in [-0.15, -0.1) is 0 Å². The molecule has 1 aromatic heterocycles. The van der Waals surface area contributed by atoms with Gasteiger partial charge in [-0.05, 0) is 22.9 Å². The van der Waals surface area contributed by atoms with Crippen LogP contribution in [0.3, 0.4) is 0 Å². The largest absolute Gasteiger partial charge is 0.455 e. The molecule has 0 aliphatic rings. The summed E-state index contributed by atoms with van der Waals surface area (Å²) in [6.07, 6.45) is 0. The van der Waals surface area contributed by atoms with Crippen molar-refractivity contribution in [2.75, 3.05) is 5.73 Å². The molecule has 5 aromatic rings. The van der Waals surface area contributed by atoms with E-state index in [4.69, 9.17) is 10.2 Å². The van der Waals surface area contributed by atoms with E-state index in [2.05, 4.69) is 42.5 Å². The molecule has 0 radical (unpaired) electrons. The summed E-state index contributed by atoms with van der Waals surface area (Å²) in [5.74, 6) is 0. The number of hydrogen-bond acceptors (Lipinski definition) is 2. The van der Waals surface area contributed by atoms with E-state index in [0.29, 0.717) is 0 Å². The van der Waals surface area contributed by atoms with Crippen LogP contribution < -0.4 is 5.73 Å². The van der Waals surface area contributed by atoms with Gasteiger partial charge in [-0.2, -0.15) is 0 Å². The van der Waals surface area contributed by atoms with Gasteiger partial charge in [0.25, 0.3) is 0 Å². The summed E-state index contributed by atoms with van der Waals surface area (Å²) in [5, 5.41) is 4.57. The topological polar surface area (TPSA) is 39.2 Å². The van der Waals surface area contributed by atoms with Crippen LogP contribution in [0, 0.1) is 0 Å². The minimum atomic E-state index is 0.765. The first-order valence-electron chi connectivity index (χ1n) is 8.01. The van der Waals surface area contributed by atoms with E-state index in [1.54, 1.807) is 0 Å². The van der Waals surface area contributed by atoms with Crippen molar-refractivity contribution in [2.45, 2.75) is 0 Å². The lowest BCUT2D eigenvalue weighted by atomic mass is 9.95. The van der Waals surface area contributed by atoms with Crippen molar-refractivity contribution >= 4 is 38.4 Å². The second-order valence-corrected chi connectivity index (χ2v) is 6.03. The number of furan rings is 1. The number of nitrogens with two attached hydrogens (primary N) is 1. The number of nitrogen functional groups attached to an aromatic ring is 1. The number of fused-ring (bicyclic) bond motifs is 4. The lowest BCUT2D eigenvalue weighted by Crippen LogP contribution is -1.91. The average molecular weight is 309 g/mol. The Labute approximate surface area is 139 Å². The van der Waals surface area contributed by atoms with Crippen LogP contribution >= 0.6 is 0 Å². The molecule has 114 valence electrons. The van der Waals surface area contributed by atoms with Crippen molar-refractivity contribution < 1.29 is 4.42 Å². The van der Waals surface area contributed by atoms with E-state index in [1.165, 1.54) is 5.39 Å². The predicted molar refractivity (Wildman–Crippen MR) is 101 cm³/mol. The van der Waals surface area contributed by atoms with Gasteiger partial charge in [0.1, 0.15) is 11.2 Å². The lowest BCUT2D eigenvalue weighted by Gasteiger charge is -2.11. The molecule has 5 rings (SSSR count). The predicted octanol–water partition coefficient (Wildman–Crippen LogP) is 5.99. The van der Waals surface area contributed by atoms with Crippen molar-refractivity contribution in [1.29, 1.82) is 0 Å². The number of anilines is 1. The van der Waals surface area contributed by atoms with Crippen molar-refractivity contribution in [1.82, 2.24) is 0 Å². The van der Waals surface area contributed by atoms with E-state index in [9.17, 15) is 0 Å². The Kier molecular flexibility index (Phi) is 2.68. The van der Waals surface area contributed by atoms with Gasteiger partial charge in [0.2, 0.25) is 0 Å². The second-order valence-electron chi connectivity index (χ2n) is 6.03. The zero-order valence-electron chi connectivity index (χ0n) is 13.0. The molecule has 0 saturated heterocycles. The highest BCUT2D eigenvalue weighted by Crippen LogP contribution is 2.40. The Bertz CT molecular complexity index is 1220. The molecule has 0 bridgehead atoms. The van der Waals surface area contributed by atoms with E-state index < -0.39 is 0 Å². The fourth-order valence-corrected chi connectivity index (χ4v) is 3.53. The highest BCUT2D eigenvalue weighted by atomic mass is 16.3. The van der Waals surface area contributed by atoms with Crippen LogP contribution in [0.1, 0.15) is 0 Å².